The van der Waals surface area contributed by atoms with Gasteiger partial charge in [-0.15, -0.1) is 0 Å². The van der Waals surface area contributed by atoms with Crippen LogP contribution in [0, 0.1) is 0 Å². The van der Waals surface area contributed by atoms with E-state index in [1.54, 1.807) is 24.3 Å². The van der Waals surface area contributed by atoms with Gasteiger partial charge >= 0.3 is 12.0 Å². The molecule has 24 heavy (non-hydrogen) atoms. The van der Waals surface area contributed by atoms with Crippen molar-refractivity contribution in [2.75, 3.05) is 17.7 Å². The Balaban J connectivity index is 1.77. The number of urea groups is 1. The van der Waals surface area contributed by atoms with E-state index in [4.69, 9.17) is 4.74 Å². The second-order valence-electron chi connectivity index (χ2n) is 5.18. The van der Waals surface area contributed by atoms with Crippen LogP contribution in [0.15, 0.2) is 66.7 Å². The van der Waals surface area contributed by atoms with Crippen molar-refractivity contribution < 1.29 is 14.3 Å². The first-order chi connectivity index (χ1) is 11.7. The van der Waals surface area contributed by atoms with Crippen LogP contribution in [0.2, 0.25) is 0 Å². The van der Waals surface area contributed by atoms with E-state index >= 15 is 0 Å². The number of nitrogens with one attached hydrogen (secondary N) is 2. The number of hydrogen-bond acceptors (Lipinski definition) is 3. The minimum absolute atomic E-state index is 0.300. The van der Waals surface area contributed by atoms with E-state index < -0.39 is 12.0 Å². The number of benzene rings is 3. The highest BCUT2D eigenvalue weighted by atomic mass is 16.5. The Kier molecular flexibility index (Phi) is 4.43. The minimum Gasteiger partial charge on any atom is -0.465 e. The number of para-hydroxylation sites is 1. The maximum atomic E-state index is 12.2. The van der Waals surface area contributed by atoms with Crippen molar-refractivity contribution in [1.29, 1.82) is 0 Å². The van der Waals surface area contributed by atoms with Gasteiger partial charge in [0.15, 0.2) is 0 Å². The van der Waals surface area contributed by atoms with Crippen LogP contribution in [0.3, 0.4) is 0 Å². The lowest BCUT2D eigenvalue weighted by Gasteiger charge is -2.11. The first kappa shape index (κ1) is 15.6. The van der Waals surface area contributed by atoms with Gasteiger partial charge in [-0.2, -0.15) is 0 Å². The SMILES string of the molecule is COC(=O)c1ccccc1NC(=O)Nc1ccc2ccccc2c1. The fraction of sp³-hybridized carbons (Fsp3) is 0.0526. The molecule has 0 bridgehead atoms. The molecular weight excluding hydrogens is 304 g/mol. The molecule has 0 fully saturated rings. The van der Waals surface area contributed by atoms with E-state index in [0.717, 1.165) is 10.8 Å². The number of amides is 2. The summed E-state index contributed by atoms with van der Waals surface area (Å²) in [7, 11) is 1.30. The van der Waals surface area contributed by atoms with Crippen molar-refractivity contribution in [2.45, 2.75) is 0 Å². The maximum Gasteiger partial charge on any atom is 0.339 e. The van der Waals surface area contributed by atoms with Crippen LogP contribution >= 0.6 is 0 Å². The van der Waals surface area contributed by atoms with Crippen LogP contribution in [-0.4, -0.2) is 19.1 Å². The van der Waals surface area contributed by atoms with E-state index in [1.807, 2.05) is 42.5 Å². The van der Waals surface area contributed by atoms with Gasteiger partial charge in [-0.1, -0.05) is 42.5 Å². The fourth-order valence-corrected chi connectivity index (χ4v) is 2.43. The predicted molar refractivity (Wildman–Crippen MR) is 94.4 cm³/mol. The summed E-state index contributed by atoms with van der Waals surface area (Å²) in [6.45, 7) is 0. The number of fused-ring (bicyclic) bond motifs is 1. The van der Waals surface area contributed by atoms with Crippen LogP contribution in [0.4, 0.5) is 16.2 Å². The molecule has 3 aromatic carbocycles. The van der Waals surface area contributed by atoms with Crippen LogP contribution < -0.4 is 10.6 Å². The molecule has 2 amide bonds. The van der Waals surface area contributed by atoms with E-state index in [1.165, 1.54) is 7.11 Å². The first-order valence-electron chi connectivity index (χ1n) is 7.41. The summed E-state index contributed by atoms with van der Waals surface area (Å²) in [5.74, 6) is -0.503. The Labute approximate surface area is 139 Å². The molecule has 3 aromatic rings. The van der Waals surface area contributed by atoms with Gasteiger partial charge in [-0.25, -0.2) is 9.59 Å². The lowest BCUT2D eigenvalue weighted by atomic mass is 10.1. The smallest absolute Gasteiger partial charge is 0.339 e. The molecule has 0 heterocycles. The largest absolute Gasteiger partial charge is 0.465 e. The van der Waals surface area contributed by atoms with Crippen LogP contribution in [0.5, 0.6) is 0 Å². The Bertz CT molecular complexity index is 906. The number of hydrogen-bond donors (Lipinski definition) is 2. The van der Waals surface area contributed by atoms with Crippen molar-refractivity contribution >= 4 is 34.1 Å². The molecule has 3 rings (SSSR count). The molecule has 120 valence electrons. The van der Waals surface area contributed by atoms with Gasteiger partial charge in [0.2, 0.25) is 0 Å². The van der Waals surface area contributed by atoms with Gasteiger partial charge in [0, 0.05) is 5.69 Å². The number of ether oxygens (including phenoxy) is 1. The highest BCUT2D eigenvalue weighted by molar-refractivity contribution is 6.05. The van der Waals surface area contributed by atoms with Crippen molar-refractivity contribution in [2.24, 2.45) is 0 Å². The van der Waals surface area contributed by atoms with Gasteiger partial charge < -0.3 is 15.4 Å². The van der Waals surface area contributed by atoms with Gasteiger partial charge in [-0.05, 0) is 35.0 Å². The summed E-state index contributed by atoms with van der Waals surface area (Å²) in [5, 5.41) is 7.57. The number of esters is 1. The van der Waals surface area contributed by atoms with E-state index in [0.29, 0.717) is 16.9 Å². The molecular formula is C19H16N2O3. The molecule has 0 aliphatic heterocycles. The monoisotopic (exact) mass is 320 g/mol. The zero-order valence-corrected chi connectivity index (χ0v) is 13.1. The number of carbonyl (C=O) groups excluding carboxylic acids is 2. The molecule has 0 unspecified atom stereocenters. The third-order valence-electron chi connectivity index (χ3n) is 3.59. The summed E-state index contributed by atoms with van der Waals surface area (Å²) in [6.07, 6.45) is 0. The third-order valence-corrected chi connectivity index (χ3v) is 3.59. The van der Waals surface area contributed by atoms with Gasteiger partial charge in [0.25, 0.3) is 0 Å². The average Bonchev–Trinajstić information content (AvgIpc) is 2.61. The van der Waals surface area contributed by atoms with Gasteiger partial charge in [-0.3, -0.25) is 0 Å². The number of carbonyl (C=O) groups is 2. The zero-order chi connectivity index (χ0) is 16.9. The lowest BCUT2D eigenvalue weighted by molar-refractivity contribution is 0.0602. The lowest BCUT2D eigenvalue weighted by Crippen LogP contribution is -2.21. The highest BCUT2D eigenvalue weighted by Crippen LogP contribution is 2.20. The van der Waals surface area contributed by atoms with Crippen molar-refractivity contribution in [3.63, 3.8) is 0 Å². The summed E-state index contributed by atoms with van der Waals surface area (Å²) >= 11 is 0. The summed E-state index contributed by atoms with van der Waals surface area (Å²) in [4.78, 5) is 23.9. The molecule has 0 atom stereocenters. The molecule has 0 radical (unpaired) electrons. The average molecular weight is 320 g/mol. The molecule has 0 aliphatic carbocycles. The van der Waals surface area contributed by atoms with Crippen LogP contribution in [0.25, 0.3) is 10.8 Å². The third kappa shape index (κ3) is 3.35. The Morgan fingerprint density at radius 2 is 1.54 bits per heavy atom. The number of methoxy groups -OCH3 is 1. The van der Waals surface area contributed by atoms with Gasteiger partial charge in [0.05, 0.1) is 18.4 Å². The second kappa shape index (κ2) is 6.83. The van der Waals surface area contributed by atoms with E-state index in [9.17, 15) is 9.59 Å². The normalized spacial score (nSPS) is 10.2. The van der Waals surface area contributed by atoms with Crippen LogP contribution in [-0.2, 0) is 4.74 Å². The topological polar surface area (TPSA) is 67.4 Å². The van der Waals surface area contributed by atoms with Crippen LogP contribution in [0.1, 0.15) is 10.4 Å². The quantitative estimate of drug-likeness (QED) is 0.708. The minimum atomic E-state index is -0.503. The van der Waals surface area contributed by atoms with Gasteiger partial charge in [0.1, 0.15) is 0 Å². The Hall–Kier alpha value is -3.34. The standard InChI is InChI=1S/C19H16N2O3/c1-24-18(22)16-8-4-5-9-17(16)21-19(23)20-15-11-10-13-6-2-3-7-14(13)12-15/h2-12H,1H3,(H2,20,21,23). The summed E-state index contributed by atoms with van der Waals surface area (Å²) in [6, 6.07) is 19.8. The van der Waals surface area contributed by atoms with Crippen molar-refractivity contribution in [3.05, 3.63) is 72.3 Å². The van der Waals surface area contributed by atoms with E-state index in [-0.39, 0.29) is 0 Å². The van der Waals surface area contributed by atoms with E-state index in [2.05, 4.69) is 10.6 Å². The first-order valence-corrected chi connectivity index (χ1v) is 7.41. The molecule has 0 aliphatic rings. The predicted octanol–water partition coefficient (Wildman–Crippen LogP) is 4.27. The fourth-order valence-electron chi connectivity index (χ4n) is 2.43. The molecule has 5 heteroatoms. The zero-order valence-electron chi connectivity index (χ0n) is 13.1. The summed E-state index contributed by atoms with van der Waals surface area (Å²) in [5.41, 5.74) is 1.36. The molecule has 0 spiro atoms. The molecule has 5 nitrogen and oxygen atoms in total. The van der Waals surface area contributed by atoms with Crippen molar-refractivity contribution in [1.82, 2.24) is 0 Å². The summed E-state index contributed by atoms with van der Waals surface area (Å²) < 4.78 is 4.71. The molecule has 2 N–H and O–H groups in total. The number of rotatable bonds is 3. The molecule has 0 saturated carbocycles. The van der Waals surface area contributed by atoms with Crippen molar-refractivity contribution in [3.8, 4) is 0 Å². The molecule has 0 saturated heterocycles. The second-order valence-corrected chi connectivity index (χ2v) is 5.18. The molecule has 0 aromatic heterocycles. The number of anilines is 2. The highest BCUT2D eigenvalue weighted by Gasteiger charge is 2.13. The Morgan fingerprint density at radius 1 is 0.833 bits per heavy atom. The maximum absolute atomic E-state index is 12.2. The Morgan fingerprint density at radius 3 is 2.33 bits per heavy atom.